The Morgan fingerprint density at radius 2 is 2.08 bits per heavy atom. The fourth-order valence-electron chi connectivity index (χ4n) is 1.09. The summed E-state index contributed by atoms with van der Waals surface area (Å²) in [5.41, 5.74) is 0. The Balaban J connectivity index is 2.79. The van der Waals surface area contributed by atoms with E-state index >= 15 is 0 Å². The molecule has 0 aliphatic rings. The van der Waals surface area contributed by atoms with Crippen molar-refractivity contribution < 1.29 is 4.84 Å². The van der Waals surface area contributed by atoms with Crippen molar-refractivity contribution in [3.05, 3.63) is 30.5 Å². The van der Waals surface area contributed by atoms with Crippen molar-refractivity contribution in [3.63, 3.8) is 0 Å². The second-order valence-corrected chi connectivity index (χ2v) is 2.35. The molecule has 2 rings (SSSR count). The molecule has 4 nitrogen and oxygen atoms in total. The molecule has 0 aliphatic heterocycles. The molecule has 1 aromatic heterocycles. The Morgan fingerprint density at radius 1 is 1.25 bits per heavy atom. The van der Waals surface area contributed by atoms with Gasteiger partial charge >= 0.3 is 0 Å². The largest absolute Gasteiger partial charge is 0.389 e. The third kappa shape index (κ3) is 0.981. The lowest BCUT2D eigenvalue weighted by Gasteiger charge is -1.99. The first-order valence-corrected chi connectivity index (χ1v) is 3.49. The van der Waals surface area contributed by atoms with Crippen molar-refractivity contribution in [2.24, 2.45) is 5.90 Å². The molecule has 4 heteroatoms. The standard InChI is InChI=1S/C8H7N3O/c9-12-8-7-4-2-1-3-6(7)5-10-11-8/h1-5H,9H2. The monoisotopic (exact) mass is 161 g/mol. The van der Waals surface area contributed by atoms with Crippen LogP contribution < -0.4 is 10.7 Å². The highest BCUT2D eigenvalue weighted by Crippen LogP contribution is 2.19. The number of hydrogen-bond donors (Lipinski definition) is 1. The minimum Gasteiger partial charge on any atom is -0.389 e. The first-order chi connectivity index (χ1) is 5.92. The van der Waals surface area contributed by atoms with Gasteiger partial charge in [0.15, 0.2) is 0 Å². The fourth-order valence-corrected chi connectivity index (χ4v) is 1.09. The van der Waals surface area contributed by atoms with E-state index in [2.05, 4.69) is 15.0 Å². The van der Waals surface area contributed by atoms with Gasteiger partial charge in [0.05, 0.1) is 6.20 Å². The van der Waals surface area contributed by atoms with Gasteiger partial charge in [-0.05, 0) is 6.07 Å². The molecule has 0 aliphatic carbocycles. The molecule has 0 fully saturated rings. The maximum Gasteiger partial charge on any atom is 0.264 e. The van der Waals surface area contributed by atoms with E-state index in [0.29, 0.717) is 5.88 Å². The summed E-state index contributed by atoms with van der Waals surface area (Å²) in [5.74, 6) is 5.37. The van der Waals surface area contributed by atoms with Crippen LogP contribution in [0.4, 0.5) is 0 Å². The zero-order valence-corrected chi connectivity index (χ0v) is 6.27. The summed E-state index contributed by atoms with van der Waals surface area (Å²) < 4.78 is 0. The van der Waals surface area contributed by atoms with Crippen LogP contribution >= 0.6 is 0 Å². The number of hydrogen-bond acceptors (Lipinski definition) is 4. The molecule has 12 heavy (non-hydrogen) atoms. The molecule has 1 aromatic carbocycles. The normalized spacial score (nSPS) is 10.1. The Bertz CT molecular complexity index is 397. The van der Waals surface area contributed by atoms with E-state index in [1.54, 1.807) is 6.20 Å². The van der Waals surface area contributed by atoms with Crippen molar-refractivity contribution in [1.82, 2.24) is 10.2 Å². The van der Waals surface area contributed by atoms with Crippen LogP contribution in [0.15, 0.2) is 30.5 Å². The van der Waals surface area contributed by atoms with Crippen molar-refractivity contribution in [3.8, 4) is 5.88 Å². The SMILES string of the molecule is NOc1nncc2ccccc12. The van der Waals surface area contributed by atoms with E-state index in [0.717, 1.165) is 10.8 Å². The van der Waals surface area contributed by atoms with E-state index in [-0.39, 0.29) is 0 Å². The maximum atomic E-state index is 5.01. The lowest BCUT2D eigenvalue weighted by Crippen LogP contribution is -2.04. The van der Waals surface area contributed by atoms with Crippen LogP contribution in [0, 0.1) is 0 Å². The Hall–Kier alpha value is -1.68. The van der Waals surface area contributed by atoms with Crippen LogP contribution in [0.5, 0.6) is 5.88 Å². The van der Waals surface area contributed by atoms with Crippen LogP contribution in [-0.2, 0) is 0 Å². The van der Waals surface area contributed by atoms with Gasteiger partial charge in [0.1, 0.15) is 0 Å². The van der Waals surface area contributed by atoms with Crippen molar-refractivity contribution >= 4 is 10.8 Å². The predicted molar refractivity (Wildman–Crippen MR) is 44.4 cm³/mol. The van der Waals surface area contributed by atoms with Gasteiger partial charge in [0.2, 0.25) is 0 Å². The molecular formula is C8H7N3O. The van der Waals surface area contributed by atoms with E-state index in [1.165, 1.54) is 0 Å². The first kappa shape index (κ1) is 7.00. The highest BCUT2D eigenvalue weighted by molar-refractivity contribution is 5.85. The molecule has 2 aromatic rings. The number of rotatable bonds is 1. The van der Waals surface area contributed by atoms with Crippen LogP contribution in [0.1, 0.15) is 0 Å². The molecule has 60 valence electrons. The molecule has 0 saturated carbocycles. The van der Waals surface area contributed by atoms with Crippen LogP contribution in [0.25, 0.3) is 10.8 Å². The molecule has 0 spiro atoms. The zero-order valence-electron chi connectivity index (χ0n) is 6.27. The average Bonchev–Trinajstić information content (AvgIpc) is 2.17. The lowest BCUT2D eigenvalue weighted by atomic mass is 10.2. The summed E-state index contributed by atoms with van der Waals surface area (Å²) in [4.78, 5) is 4.55. The molecule has 0 saturated heterocycles. The van der Waals surface area contributed by atoms with Gasteiger partial charge in [0, 0.05) is 10.8 Å². The van der Waals surface area contributed by atoms with Gasteiger partial charge in [-0.3, -0.25) is 0 Å². The number of nitrogens with zero attached hydrogens (tertiary/aromatic N) is 2. The zero-order chi connectivity index (χ0) is 8.39. The van der Waals surface area contributed by atoms with Crippen LogP contribution in [0.2, 0.25) is 0 Å². The molecule has 0 radical (unpaired) electrons. The molecule has 0 unspecified atom stereocenters. The summed E-state index contributed by atoms with van der Waals surface area (Å²) >= 11 is 0. The quantitative estimate of drug-likeness (QED) is 0.631. The fraction of sp³-hybridized carbons (Fsp3) is 0. The molecule has 0 bridgehead atoms. The molecule has 0 amide bonds. The molecular weight excluding hydrogens is 154 g/mol. The Labute approximate surface area is 68.9 Å². The average molecular weight is 161 g/mol. The highest BCUT2D eigenvalue weighted by Gasteiger charge is 2.00. The number of fused-ring (bicyclic) bond motifs is 1. The van der Waals surface area contributed by atoms with Gasteiger partial charge in [0.25, 0.3) is 5.88 Å². The summed E-state index contributed by atoms with van der Waals surface area (Å²) in [5, 5.41) is 9.29. The summed E-state index contributed by atoms with van der Waals surface area (Å²) in [7, 11) is 0. The Kier molecular flexibility index (Phi) is 1.60. The summed E-state index contributed by atoms with van der Waals surface area (Å²) in [6.07, 6.45) is 1.66. The summed E-state index contributed by atoms with van der Waals surface area (Å²) in [6.45, 7) is 0. The van der Waals surface area contributed by atoms with Gasteiger partial charge in [-0.1, -0.05) is 18.2 Å². The number of nitrogens with two attached hydrogens (primary N) is 1. The molecule has 0 atom stereocenters. The van der Waals surface area contributed by atoms with Crippen molar-refractivity contribution in [2.45, 2.75) is 0 Å². The highest BCUT2D eigenvalue weighted by atomic mass is 16.6. The van der Waals surface area contributed by atoms with Crippen molar-refractivity contribution in [2.75, 3.05) is 0 Å². The third-order valence-electron chi connectivity index (χ3n) is 1.65. The smallest absolute Gasteiger partial charge is 0.264 e. The maximum absolute atomic E-state index is 5.01. The second-order valence-electron chi connectivity index (χ2n) is 2.35. The van der Waals surface area contributed by atoms with E-state index in [4.69, 9.17) is 5.90 Å². The van der Waals surface area contributed by atoms with Crippen LogP contribution in [-0.4, -0.2) is 10.2 Å². The lowest BCUT2D eigenvalue weighted by molar-refractivity contribution is 0.321. The van der Waals surface area contributed by atoms with E-state index in [9.17, 15) is 0 Å². The van der Waals surface area contributed by atoms with Gasteiger partial charge < -0.3 is 4.84 Å². The minimum absolute atomic E-state index is 0.355. The first-order valence-electron chi connectivity index (χ1n) is 3.49. The van der Waals surface area contributed by atoms with Gasteiger partial charge in [-0.2, -0.15) is 11.0 Å². The number of benzene rings is 1. The van der Waals surface area contributed by atoms with Crippen LogP contribution in [0.3, 0.4) is 0 Å². The third-order valence-corrected chi connectivity index (χ3v) is 1.65. The van der Waals surface area contributed by atoms with E-state index < -0.39 is 0 Å². The topological polar surface area (TPSA) is 61.0 Å². The van der Waals surface area contributed by atoms with E-state index in [1.807, 2.05) is 24.3 Å². The number of aromatic nitrogens is 2. The second kappa shape index (κ2) is 2.75. The Morgan fingerprint density at radius 3 is 2.92 bits per heavy atom. The van der Waals surface area contributed by atoms with Crippen molar-refractivity contribution in [1.29, 1.82) is 0 Å². The minimum atomic E-state index is 0.355. The summed E-state index contributed by atoms with van der Waals surface area (Å²) in [6, 6.07) is 7.62. The predicted octanol–water partition coefficient (Wildman–Crippen LogP) is 0.882. The van der Waals surface area contributed by atoms with Gasteiger partial charge in [-0.15, -0.1) is 5.10 Å². The molecule has 1 heterocycles. The molecule has 2 N–H and O–H groups in total. The van der Waals surface area contributed by atoms with Gasteiger partial charge in [-0.25, -0.2) is 0 Å².